The fourth-order valence-corrected chi connectivity index (χ4v) is 2.17. The minimum Gasteiger partial charge on any atom is -0.494 e. The Morgan fingerprint density at radius 2 is 1.92 bits per heavy atom. The number of carbonyl (C=O) groups excluding carboxylic acids is 2. The molecule has 0 heterocycles. The Bertz CT molecular complexity index is 591. The van der Waals surface area contributed by atoms with Crippen LogP contribution in [0.2, 0.25) is 0 Å². The third-order valence-electron chi connectivity index (χ3n) is 3.58. The normalized spacial score (nSPS) is 11.5. The standard InChI is InChI=1S/C18H25N3O3/c1-5-24-15-9-7-14(8-10-15)17(22)20-16(13(2)3)18(23)21(4)12-6-11-19/h7-10,13,16H,5-6,12H2,1-4H3,(H,20,22). The molecule has 1 aromatic rings. The lowest BCUT2D eigenvalue weighted by Crippen LogP contribution is -2.50. The van der Waals surface area contributed by atoms with Crippen LogP contribution < -0.4 is 10.1 Å². The topological polar surface area (TPSA) is 82.4 Å². The molecule has 6 nitrogen and oxygen atoms in total. The zero-order chi connectivity index (χ0) is 18.1. The Balaban J connectivity index is 2.78. The Morgan fingerprint density at radius 1 is 1.29 bits per heavy atom. The minimum absolute atomic E-state index is 0.0614. The summed E-state index contributed by atoms with van der Waals surface area (Å²) in [5, 5.41) is 11.4. The number of nitriles is 1. The van der Waals surface area contributed by atoms with Crippen LogP contribution in [-0.4, -0.2) is 43.0 Å². The van der Waals surface area contributed by atoms with E-state index >= 15 is 0 Å². The number of carbonyl (C=O) groups is 2. The van der Waals surface area contributed by atoms with Gasteiger partial charge in [0.15, 0.2) is 0 Å². The predicted molar refractivity (Wildman–Crippen MR) is 91.6 cm³/mol. The number of hydrogen-bond donors (Lipinski definition) is 1. The van der Waals surface area contributed by atoms with Crippen LogP contribution in [-0.2, 0) is 4.79 Å². The van der Waals surface area contributed by atoms with Crippen LogP contribution in [0.25, 0.3) is 0 Å². The fraction of sp³-hybridized carbons (Fsp3) is 0.500. The van der Waals surface area contributed by atoms with Crippen LogP contribution in [0.1, 0.15) is 37.6 Å². The molecule has 1 unspecified atom stereocenters. The van der Waals surface area contributed by atoms with E-state index < -0.39 is 6.04 Å². The maximum Gasteiger partial charge on any atom is 0.251 e. The fourth-order valence-electron chi connectivity index (χ4n) is 2.17. The molecule has 2 amide bonds. The van der Waals surface area contributed by atoms with Gasteiger partial charge in [-0.05, 0) is 37.1 Å². The Morgan fingerprint density at radius 3 is 2.42 bits per heavy atom. The third-order valence-corrected chi connectivity index (χ3v) is 3.58. The molecule has 0 spiro atoms. The SMILES string of the molecule is CCOc1ccc(C(=O)NC(C(=O)N(C)CCC#N)C(C)C)cc1. The molecular formula is C18H25N3O3. The highest BCUT2D eigenvalue weighted by molar-refractivity contribution is 5.97. The van der Waals surface area contributed by atoms with Crippen molar-refractivity contribution >= 4 is 11.8 Å². The maximum atomic E-state index is 12.5. The second-order valence-electron chi connectivity index (χ2n) is 5.82. The monoisotopic (exact) mass is 331 g/mol. The van der Waals surface area contributed by atoms with E-state index in [-0.39, 0.29) is 24.2 Å². The van der Waals surface area contributed by atoms with Crippen LogP contribution >= 0.6 is 0 Å². The number of likely N-dealkylation sites (N-methyl/N-ethyl adjacent to an activating group) is 1. The summed E-state index contributed by atoms with van der Waals surface area (Å²) < 4.78 is 5.35. The molecule has 1 atom stereocenters. The number of ether oxygens (including phenoxy) is 1. The summed E-state index contributed by atoms with van der Waals surface area (Å²) in [6.07, 6.45) is 0.264. The molecule has 1 rings (SSSR count). The number of nitrogens with zero attached hydrogens (tertiary/aromatic N) is 2. The van der Waals surface area contributed by atoms with Crippen molar-refractivity contribution in [3.8, 4) is 11.8 Å². The Kier molecular flexibility index (Phi) is 7.76. The second kappa shape index (κ2) is 9.56. The molecule has 0 bridgehead atoms. The van der Waals surface area contributed by atoms with Gasteiger partial charge >= 0.3 is 0 Å². The summed E-state index contributed by atoms with van der Waals surface area (Å²) in [5.74, 6) is 0.133. The van der Waals surface area contributed by atoms with Crippen LogP contribution in [0.15, 0.2) is 24.3 Å². The minimum atomic E-state index is -0.632. The average molecular weight is 331 g/mol. The molecule has 0 aliphatic heterocycles. The second-order valence-corrected chi connectivity index (χ2v) is 5.82. The highest BCUT2D eigenvalue weighted by Gasteiger charge is 2.27. The van der Waals surface area contributed by atoms with Crippen LogP contribution in [0.5, 0.6) is 5.75 Å². The highest BCUT2D eigenvalue weighted by Crippen LogP contribution is 2.13. The first-order valence-corrected chi connectivity index (χ1v) is 8.06. The van der Waals surface area contributed by atoms with E-state index in [0.29, 0.717) is 24.5 Å². The molecule has 0 saturated heterocycles. The van der Waals surface area contributed by atoms with E-state index in [2.05, 4.69) is 5.32 Å². The molecule has 24 heavy (non-hydrogen) atoms. The van der Waals surface area contributed by atoms with E-state index in [1.165, 1.54) is 4.90 Å². The smallest absolute Gasteiger partial charge is 0.251 e. The van der Waals surface area contributed by atoms with Gasteiger partial charge in [-0.2, -0.15) is 5.26 Å². The van der Waals surface area contributed by atoms with Gasteiger partial charge in [-0.25, -0.2) is 0 Å². The van der Waals surface area contributed by atoms with E-state index in [1.807, 2.05) is 26.8 Å². The Labute approximate surface area is 143 Å². The van der Waals surface area contributed by atoms with Gasteiger partial charge in [0, 0.05) is 19.2 Å². The largest absolute Gasteiger partial charge is 0.494 e. The molecule has 0 aliphatic rings. The van der Waals surface area contributed by atoms with Crippen molar-refractivity contribution in [1.29, 1.82) is 5.26 Å². The van der Waals surface area contributed by atoms with Gasteiger partial charge in [-0.1, -0.05) is 13.8 Å². The molecule has 0 saturated carbocycles. The van der Waals surface area contributed by atoms with Crippen molar-refractivity contribution in [3.05, 3.63) is 29.8 Å². The number of amides is 2. The first kappa shape index (κ1) is 19.5. The molecule has 0 aromatic heterocycles. The van der Waals surface area contributed by atoms with Crippen LogP contribution in [0.3, 0.4) is 0 Å². The molecule has 0 radical (unpaired) electrons. The van der Waals surface area contributed by atoms with Crippen molar-refractivity contribution < 1.29 is 14.3 Å². The average Bonchev–Trinajstić information content (AvgIpc) is 2.57. The van der Waals surface area contributed by atoms with Crippen molar-refractivity contribution in [3.63, 3.8) is 0 Å². The molecular weight excluding hydrogens is 306 g/mol. The first-order chi connectivity index (χ1) is 11.4. The van der Waals surface area contributed by atoms with Crippen molar-refractivity contribution in [2.45, 2.75) is 33.2 Å². The quantitative estimate of drug-likeness (QED) is 0.792. The lowest BCUT2D eigenvalue weighted by atomic mass is 10.0. The lowest BCUT2D eigenvalue weighted by molar-refractivity contribution is -0.132. The van der Waals surface area contributed by atoms with Gasteiger partial charge in [0.1, 0.15) is 11.8 Å². The molecule has 130 valence electrons. The third kappa shape index (κ3) is 5.58. The summed E-state index contributed by atoms with van der Waals surface area (Å²) in [6.45, 7) is 6.54. The zero-order valence-corrected chi connectivity index (χ0v) is 14.7. The predicted octanol–water partition coefficient (Wildman–Crippen LogP) is 2.21. The summed E-state index contributed by atoms with van der Waals surface area (Å²) in [5.41, 5.74) is 0.469. The lowest BCUT2D eigenvalue weighted by Gasteiger charge is -2.26. The summed E-state index contributed by atoms with van der Waals surface area (Å²) in [6, 6.07) is 8.17. The van der Waals surface area contributed by atoms with Crippen molar-refractivity contribution in [1.82, 2.24) is 10.2 Å². The van der Waals surface area contributed by atoms with Gasteiger partial charge < -0.3 is 15.0 Å². The number of nitrogens with one attached hydrogen (secondary N) is 1. The van der Waals surface area contributed by atoms with Crippen molar-refractivity contribution in [2.24, 2.45) is 5.92 Å². The zero-order valence-electron chi connectivity index (χ0n) is 14.7. The molecule has 0 aliphatic carbocycles. The molecule has 1 aromatic carbocycles. The number of rotatable bonds is 8. The van der Waals surface area contributed by atoms with Crippen LogP contribution in [0, 0.1) is 17.2 Å². The van der Waals surface area contributed by atoms with Crippen LogP contribution in [0.4, 0.5) is 0 Å². The summed E-state index contributed by atoms with van der Waals surface area (Å²) >= 11 is 0. The van der Waals surface area contributed by atoms with E-state index in [4.69, 9.17) is 10.00 Å². The van der Waals surface area contributed by atoms with Gasteiger partial charge in [0.2, 0.25) is 5.91 Å². The maximum absolute atomic E-state index is 12.5. The molecule has 6 heteroatoms. The highest BCUT2D eigenvalue weighted by atomic mass is 16.5. The van der Waals surface area contributed by atoms with Gasteiger partial charge in [-0.15, -0.1) is 0 Å². The van der Waals surface area contributed by atoms with Gasteiger partial charge in [0.25, 0.3) is 5.91 Å². The van der Waals surface area contributed by atoms with Crippen molar-refractivity contribution in [2.75, 3.05) is 20.2 Å². The summed E-state index contributed by atoms with van der Waals surface area (Å²) in [4.78, 5) is 26.4. The van der Waals surface area contributed by atoms with Gasteiger partial charge in [-0.3, -0.25) is 9.59 Å². The Hall–Kier alpha value is -2.55. The molecule has 0 fully saturated rings. The molecule has 1 N–H and O–H groups in total. The van der Waals surface area contributed by atoms with Gasteiger partial charge in [0.05, 0.1) is 19.1 Å². The summed E-state index contributed by atoms with van der Waals surface area (Å²) in [7, 11) is 1.64. The number of benzene rings is 1. The number of hydrogen-bond acceptors (Lipinski definition) is 4. The van der Waals surface area contributed by atoms with E-state index in [9.17, 15) is 9.59 Å². The first-order valence-electron chi connectivity index (χ1n) is 8.06. The van der Waals surface area contributed by atoms with E-state index in [1.54, 1.807) is 31.3 Å². The van der Waals surface area contributed by atoms with E-state index in [0.717, 1.165) is 0 Å².